The van der Waals surface area contributed by atoms with Gasteiger partial charge in [-0.1, -0.05) is 0 Å². The predicted molar refractivity (Wildman–Crippen MR) is 97.3 cm³/mol. The van der Waals surface area contributed by atoms with Crippen LogP contribution in [0.25, 0.3) is 11.0 Å². The van der Waals surface area contributed by atoms with Gasteiger partial charge in [-0.2, -0.15) is 0 Å². The van der Waals surface area contributed by atoms with E-state index in [9.17, 15) is 13.6 Å². The molecular formula is C18H19F2N5O2. The number of nitrogens with two attached hydrogens (primary N) is 2. The maximum Gasteiger partial charge on any atom is 0.316 e. The minimum atomic E-state index is -1.07. The number of halogens is 2. The SMILES string of the molecule is Cc1c(CC2(F)CC2)oc2ccc(F)cc12.NC(=O)Nc1cnc(N)nc1. The Labute approximate surface area is 153 Å². The number of nitrogens with zero attached hydrogens (tertiary/aromatic N) is 2. The fraction of sp³-hybridized carbons (Fsp3) is 0.278. The Morgan fingerprint density at radius 1 is 1.33 bits per heavy atom. The van der Waals surface area contributed by atoms with Gasteiger partial charge in [-0.25, -0.2) is 23.5 Å². The van der Waals surface area contributed by atoms with Gasteiger partial charge in [0.2, 0.25) is 5.95 Å². The van der Waals surface area contributed by atoms with Crippen LogP contribution in [0.2, 0.25) is 0 Å². The molecule has 1 aliphatic carbocycles. The van der Waals surface area contributed by atoms with E-state index in [4.69, 9.17) is 15.9 Å². The number of rotatable bonds is 3. The summed E-state index contributed by atoms with van der Waals surface area (Å²) in [7, 11) is 0. The zero-order valence-electron chi connectivity index (χ0n) is 14.6. The molecule has 2 amide bonds. The summed E-state index contributed by atoms with van der Waals surface area (Å²) in [4.78, 5) is 17.5. The van der Waals surface area contributed by atoms with E-state index in [1.807, 2.05) is 6.92 Å². The van der Waals surface area contributed by atoms with Gasteiger partial charge in [-0.3, -0.25) is 0 Å². The van der Waals surface area contributed by atoms with Gasteiger partial charge in [0.05, 0.1) is 18.1 Å². The molecule has 4 rings (SSSR count). The molecule has 0 radical (unpaired) electrons. The van der Waals surface area contributed by atoms with E-state index < -0.39 is 11.7 Å². The molecule has 142 valence electrons. The van der Waals surface area contributed by atoms with Crippen LogP contribution in [0.3, 0.4) is 0 Å². The predicted octanol–water partition coefficient (Wildman–Crippen LogP) is 3.47. The van der Waals surface area contributed by atoms with Gasteiger partial charge >= 0.3 is 6.03 Å². The first-order valence-corrected chi connectivity index (χ1v) is 8.26. The van der Waals surface area contributed by atoms with Crippen LogP contribution in [0, 0.1) is 12.7 Å². The molecule has 1 fully saturated rings. The minimum Gasteiger partial charge on any atom is -0.461 e. The maximum absolute atomic E-state index is 13.6. The van der Waals surface area contributed by atoms with Crippen molar-refractivity contribution in [2.45, 2.75) is 31.9 Å². The molecule has 2 aromatic heterocycles. The molecule has 9 heteroatoms. The van der Waals surface area contributed by atoms with Crippen LogP contribution < -0.4 is 16.8 Å². The van der Waals surface area contributed by atoms with Gasteiger partial charge in [0.15, 0.2) is 0 Å². The number of carbonyl (C=O) groups excluding carboxylic acids is 1. The topological polar surface area (TPSA) is 120 Å². The quantitative estimate of drug-likeness (QED) is 0.647. The number of benzene rings is 1. The van der Waals surface area contributed by atoms with Gasteiger partial charge in [-0.05, 0) is 43.5 Å². The van der Waals surface area contributed by atoms with Crippen LogP contribution in [0.4, 0.5) is 25.2 Å². The lowest BCUT2D eigenvalue weighted by Gasteiger charge is -2.01. The Balaban J connectivity index is 0.000000168. The van der Waals surface area contributed by atoms with E-state index in [0.717, 1.165) is 10.9 Å². The lowest BCUT2D eigenvalue weighted by atomic mass is 10.1. The number of nitrogens with one attached hydrogen (secondary N) is 1. The minimum absolute atomic E-state index is 0.153. The van der Waals surface area contributed by atoms with Crippen molar-refractivity contribution < 1.29 is 18.0 Å². The number of carbonyl (C=O) groups is 1. The first-order chi connectivity index (χ1) is 12.8. The number of fused-ring (bicyclic) bond motifs is 1. The number of primary amides is 1. The second-order valence-electron chi connectivity index (χ2n) is 6.44. The van der Waals surface area contributed by atoms with Crippen molar-refractivity contribution in [2.24, 2.45) is 5.73 Å². The fourth-order valence-corrected chi connectivity index (χ4v) is 2.56. The third-order valence-electron chi connectivity index (χ3n) is 4.21. The average molecular weight is 375 g/mol. The van der Waals surface area contributed by atoms with Crippen molar-refractivity contribution in [1.82, 2.24) is 9.97 Å². The Morgan fingerprint density at radius 3 is 2.59 bits per heavy atom. The summed E-state index contributed by atoms with van der Waals surface area (Å²) in [5.41, 5.74) is 10.9. The zero-order valence-corrected chi connectivity index (χ0v) is 14.6. The van der Waals surface area contributed by atoms with Crippen LogP contribution in [-0.2, 0) is 6.42 Å². The molecule has 3 aromatic rings. The maximum atomic E-state index is 13.6. The van der Waals surface area contributed by atoms with Gasteiger partial charge in [-0.15, -0.1) is 0 Å². The lowest BCUT2D eigenvalue weighted by molar-refractivity contribution is 0.259. The molecule has 0 atom stereocenters. The van der Waals surface area contributed by atoms with Crippen molar-refractivity contribution in [3.05, 3.63) is 47.7 Å². The Hall–Kier alpha value is -3.23. The van der Waals surface area contributed by atoms with E-state index in [2.05, 4.69) is 15.3 Å². The van der Waals surface area contributed by atoms with Gasteiger partial charge < -0.3 is 21.2 Å². The lowest BCUT2D eigenvalue weighted by Crippen LogP contribution is -2.19. The normalized spacial score (nSPS) is 14.3. The molecular weight excluding hydrogens is 356 g/mol. The molecule has 7 nitrogen and oxygen atoms in total. The number of aryl methyl sites for hydroxylation is 1. The molecule has 1 aliphatic rings. The highest BCUT2D eigenvalue weighted by Crippen LogP contribution is 2.44. The smallest absolute Gasteiger partial charge is 0.316 e. The molecule has 0 spiro atoms. The summed E-state index contributed by atoms with van der Waals surface area (Å²) in [5.74, 6) is 0.518. The van der Waals surface area contributed by atoms with Crippen molar-refractivity contribution in [3.8, 4) is 0 Å². The largest absolute Gasteiger partial charge is 0.461 e. The molecule has 0 unspecified atom stereocenters. The Kier molecular flexibility index (Phi) is 4.93. The second-order valence-corrected chi connectivity index (χ2v) is 6.44. The number of aromatic nitrogens is 2. The molecule has 0 saturated heterocycles. The summed E-state index contributed by atoms with van der Waals surface area (Å²) in [6.45, 7) is 1.85. The van der Waals surface area contributed by atoms with Crippen LogP contribution in [0.1, 0.15) is 24.2 Å². The van der Waals surface area contributed by atoms with Gasteiger partial charge in [0.1, 0.15) is 22.8 Å². The van der Waals surface area contributed by atoms with E-state index in [1.165, 1.54) is 24.5 Å². The van der Waals surface area contributed by atoms with Crippen molar-refractivity contribution in [2.75, 3.05) is 11.1 Å². The molecule has 0 aliphatic heterocycles. The highest BCUT2D eigenvalue weighted by Gasteiger charge is 2.44. The average Bonchev–Trinajstić information content (AvgIpc) is 3.26. The summed E-state index contributed by atoms with van der Waals surface area (Å²) in [6.07, 6.45) is 4.27. The van der Waals surface area contributed by atoms with E-state index in [1.54, 1.807) is 6.07 Å². The Morgan fingerprint density at radius 2 is 2.00 bits per heavy atom. The number of nitrogen functional groups attached to an aromatic ring is 1. The molecule has 1 aromatic carbocycles. The van der Waals surface area contributed by atoms with Gasteiger partial charge in [0, 0.05) is 11.8 Å². The number of alkyl halides is 1. The molecule has 5 N–H and O–H groups in total. The second kappa shape index (κ2) is 7.18. The molecule has 2 heterocycles. The number of anilines is 2. The zero-order chi connectivity index (χ0) is 19.6. The molecule has 27 heavy (non-hydrogen) atoms. The summed E-state index contributed by atoms with van der Waals surface area (Å²) >= 11 is 0. The van der Waals surface area contributed by atoms with Crippen molar-refractivity contribution >= 4 is 28.6 Å². The first kappa shape index (κ1) is 18.6. The fourth-order valence-electron chi connectivity index (χ4n) is 2.56. The molecule has 0 bridgehead atoms. The van der Waals surface area contributed by atoms with Crippen molar-refractivity contribution in [3.63, 3.8) is 0 Å². The van der Waals surface area contributed by atoms with E-state index in [0.29, 0.717) is 36.3 Å². The van der Waals surface area contributed by atoms with Crippen LogP contribution in [0.15, 0.2) is 35.0 Å². The number of urea groups is 1. The van der Waals surface area contributed by atoms with Crippen LogP contribution in [-0.4, -0.2) is 21.7 Å². The summed E-state index contributed by atoms with van der Waals surface area (Å²) in [5, 5.41) is 3.04. The summed E-state index contributed by atoms with van der Waals surface area (Å²) < 4.78 is 32.3. The number of hydrogen-bond donors (Lipinski definition) is 3. The number of hydrogen-bond acceptors (Lipinski definition) is 5. The number of amides is 2. The third-order valence-corrected chi connectivity index (χ3v) is 4.21. The Bertz CT molecular complexity index is 968. The monoisotopic (exact) mass is 375 g/mol. The van der Waals surface area contributed by atoms with Gasteiger partial charge in [0.25, 0.3) is 0 Å². The first-order valence-electron chi connectivity index (χ1n) is 8.26. The standard InChI is InChI=1S/C13H12F2O.C5H7N5O/c1-8-10-6-9(14)2-3-11(10)16-12(8)7-13(15)4-5-13;6-4-8-1-3(2-9-4)10-5(7)11/h2-3,6H,4-5,7H2,1H3;1-2H,(H2,6,8,9)(H3,7,10,11). The third kappa shape index (κ3) is 4.69. The summed E-state index contributed by atoms with van der Waals surface area (Å²) in [6, 6.07) is 3.74. The highest BCUT2D eigenvalue weighted by molar-refractivity contribution is 5.87. The van der Waals surface area contributed by atoms with E-state index in [-0.39, 0.29) is 11.8 Å². The number of furan rings is 1. The van der Waals surface area contributed by atoms with E-state index >= 15 is 0 Å². The van der Waals surface area contributed by atoms with Crippen LogP contribution in [0.5, 0.6) is 0 Å². The highest BCUT2D eigenvalue weighted by atomic mass is 19.1. The van der Waals surface area contributed by atoms with Crippen molar-refractivity contribution in [1.29, 1.82) is 0 Å². The molecule has 1 saturated carbocycles. The van der Waals surface area contributed by atoms with Crippen LogP contribution >= 0.6 is 0 Å².